The highest BCUT2D eigenvalue weighted by molar-refractivity contribution is 6.74. The van der Waals surface area contributed by atoms with E-state index in [0.29, 0.717) is 5.82 Å². The summed E-state index contributed by atoms with van der Waals surface area (Å²) in [6.45, 7) is 20.0. The molecule has 49 heavy (non-hydrogen) atoms. The molecule has 1 aliphatic rings. The number of carbonyl (C=O) groups is 3. The number of ether oxygens (including phenoxy) is 2. The van der Waals surface area contributed by atoms with Crippen molar-refractivity contribution >= 4 is 31.9 Å². The van der Waals surface area contributed by atoms with Gasteiger partial charge in [0.15, 0.2) is 19.9 Å². The average molecular weight is 691 g/mol. The molecule has 3 atom stereocenters. The predicted octanol–water partition coefficient (Wildman–Crippen LogP) is 7.45. The molecule has 3 unspecified atom stereocenters. The van der Waals surface area contributed by atoms with Crippen molar-refractivity contribution in [3.05, 3.63) is 83.8 Å². The Kier molecular flexibility index (Phi) is 11.6. The van der Waals surface area contributed by atoms with Crippen molar-refractivity contribution in [2.24, 2.45) is 5.92 Å². The Balaban J connectivity index is 1.52. The molecule has 2 aromatic carbocycles. The van der Waals surface area contributed by atoms with Crippen molar-refractivity contribution < 1.29 is 28.3 Å². The first-order valence-electron chi connectivity index (χ1n) is 17.0. The number of fused-ring (bicyclic) bond motifs is 1. The molecule has 0 radical (unpaired) electrons. The number of ketones is 1. The number of alkyl carbamates (subject to hydrolysis) is 1. The van der Waals surface area contributed by atoms with E-state index >= 15 is 0 Å². The van der Waals surface area contributed by atoms with Crippen LogP contribution in [0.3, 0.4) is 0 Å². The Morgan fingerprint density at radius 3 is 2.27 bits per heavy atom. The van der Waals surface area contributed by atoms with Gasteiger partial charge in [0.2, 0.25) is 5.91 Å². The van der Waals surface area contributed by atoms with Crippen LogP contribution in [0.25, 0.3) is 0 Å². The standard InChI is InChI=1S/C38H54N4O6Si/c1-36(2,3)47-35(45)41-38(7,8)31(43)21-28(24-46-23-26-16-12-11-13-17-26)34(44)40-32-22-42(25-39-32)33-29-19-15-14-18-27(29)20-30(33)48-49(9,10)37(4,5)6/h11-19,22,25,28,30,33H,20-21,23-24H2,1-10H3,(H,40,44)(H,41,45). The van der Waals surface area contributed by atoms with Crippen LogP contribution in [0.15, 0.2) is 67.1 Å². The lowest BCUT2D eigenvalue weighted by molar-refractivity contribution is -0.131. The smallest absolute Gasteiger partial charge is 0.408 e. The lowest BCUT2D eigenvalue weighted by atomic mass is 9.90. The molecule has 0 spiro atoms. The van der Waals surface area contributed by atoms with Gasteiger partial charge in [-0.15, -0.1) is 0 Å². The quantitative estimate of drug-likeness (QED) is 0.179. The number of carbonyl (C=O) groups excluding carboxylic acids is 3. The summed E-state index contributed by atoms with van der Waals surface area (Å²) in [5.41, 5.74) is 1.37. The normalized spacial score (nSPS) is 17.3. The number of amides is 2. The minimum absolute atomic E-state index is 0.00583. The largest absolute Gasteiger partial charge is 0.444 e. The van der Waals surface area contributed by atoms with Gasteiger partial charge in [-0.3, -0.25) is 9.59 Å². The van der Waals surface area contributed by atoms with Gasteiger partial charge >= 0.3 is 6.09 Å². The summed E-state index contributed by atoms with van der Waals surface area (Å²) in [5.74, 6) is -1.21. The van der Waals surface area contributed by atoms with E-state index in [0.717, 1.165) is 12.0 Å². The third-order valence-corrected chi connectivity index (χ3v) is 13.8. The lowest BCUT2D eigenvalue weighted by Crippen LogP contribution is -2.52. The number of imidazole rings is 1. The Labute approximate surface area is 292 Å². The summed E-state index contributed by atoms with van der Waals surface area (Å²) in [7, 11) is -2.09. The van der Waals surface area contributed by atoms with Crippen LogP contribution in [-0.4, -0.2) is 59.5 Å². The summed E-state index contributed by atoms with van der Waals surface area (Å²) in [6, 6.07) is 17.9. The van der Waals surface area contributed by atoms with Gasteiger partial charge in [-0.25, -0.2) is 9.78 Å². The van der Waals surface area contributed by atoms with Crippen LogP contribution in [0, 0.1) is 5.92 Å². The second kappa shape index (κ2) is 15.0. The van der Waals surface area contributed by atoms with E-state index in [1.54, 1.807) is 40.9 Å². The van der Waals surface area contributed by atoms with Crippen molar-refractivity contribution in [2.45, 2.75) is 116 Å². The molecule has 0 bridgehead atoms. The van der Waals surface area contributed by atoms with E-state index in [1.165, 1.54) is 11.1 Å². The van der Waals surface area contributed by atoms with Gasteiger partial charge in [-0.1, -0.05) is 75.4 Å². The Morgan fingerprint density at radius 1 is 0.959 bits per heavy atom. The highest BCUT2D eigenvalue weighted by Gasteiger charge is 2.44. The van der Waals surface area contributed by atoms with E-state index in [2.05, 4.69) is 67.7 Å². The number of anilines is 1. The molecule has 0 saturated heterocycles. The summed E-state index contributed by atoms with van der Waals surface area (Å²) in [6.07, 6.45) is 3.40. The zero-order valence-electron chi connectivity index (χ0n) is 30.8. The molecular formula is C38H54N4O6Si. The van der Waals surface area contributed by atoms with Crippen molar-refractivity contribution in [1.82, 2.24) is 14.9 Å². The van der Waals surface area contributed by atoms with Crippen LogP contribution < -0.4 is 10.6 Å². The van der Waals surface area contributed by atoms with Gasteiger partial charge in [0.05, 0.1) is 43.1 Å². The molecule has 4 rings (SSSR count). The van der Waals surface area contributed by atoms with Crippen LogP contribution in [-0.2, 0) is 36.5 Å². The molecule has 0 saturated carbocycles. The minimum atomic E-state index is -2.09. The fourth-order valence-corrected chi connectivity index (χ4v) is 6.88. The number of hydrogen-bond acceptors (Lipinski definition) is 7. The number of rotatable bonds is 13. The first-order chi connectivity index (χ1) is 22.8. The highest BCUT2D eigenvalue weighted by atomic mass is 28.4. The Morgan fingerprint density at radius 2 is 1.61 bits per heavy atom. The summed E-state index contributed by atoms with van der Waals surface area (Å²) < 4.78 is 20.3. The number of nitrogens with one attached hydrogen (secondary N) is 2. The van der Waals surface area contributed by atoms with Crippen molar-refractivity contribution in [3.63, 3.8) is 0 Å². The van der Waals surface area contributed by atoms with Gasteiger partial charge in [-0.2, -0.15) is 0 Å². The number of aromatic nitrogens is 2. The van der Waals surface area contributed by atoms with Crippen molar-refractivity contribution in [1.29, 1.82) is 0 Å². The van der Waals surface area contributed by atoms with Gasteiger partial charge in [0.25, 0.3) is 0 Å². The summed E-state index contributed by atoms with van der Waals surface area (Å²) >= 11 is 0. The molecule has 11 heteroatoms. The van der Waals surface area contributed by atoms with Crippen molar-refractivity contribution in [3.8, 4) is 0 Å². The maximum absolute atomic E-state index is 13.8. The van der Waals surface area contributed by atoms with Gasteiger partial charge in [0.1, 0.15) is 5.60 Å². The van der Waals surface area contributed by atoms with Gasteiger partial charge < -0.3 is 29.1 Å². The molecular weight excluding hydrogens is 637 g/mol. The summed E-state index contributed by atoms with van der Waals surface area (Å²) in [4.78, 5) is 44.4. The molecule has 10 nitrogen and oxygen atoms in total. The predicted molar refractivity (Wildman–Crippen MR) is 194 cm³/mol. The molecule has 1 aromatic heterocycles. The molecule has 1 aliphatic carbocycles. The van der Waals surface area contributed by atoms with E-state index in [-0.39, 0.29) is 42.6 Å². The number of nitrogens with zero attached hydrogens (tertiary/aromatic N) is 2. The highest BCUT2D eigenvalue weighted by Crippen LogP contribution is 2.43. The monoisotopic (exact) mass is 690 g/mol. The second-order valence-electron chi connectivity index (χ2n) is 16.0. The van der Waals surface area contributed by atoms with Crippen LogP contribution in [0.1, 0.15) is 84.5 Å². The fraction of sp³-hybridized carbons (Fsp3) is 0.526. The van der Waals surface area contributed by atoms with E-state index in [9.17, 15) is 14.4 Å². The fourth-order valence-electron chi connectivity index (χ4n) is 5.56. The maximum Gasteiger partial charge on any atom is 0.408 e. The third kappa shape index (κ3) is 10.1. The van der Waals surface area contributed by atoms with Crippen LogP contribution in [0.5, 0.6) is 0 Å². The van der Waals surface area contributed by atoms with Gasteiger partial charge in [0, 0.05) is 19.0 Å². The zero-order chi connectivity index (χ0) is 36.2. The molecule has 266 valence electrons. The van der Waals surface area contributed by atoms with Gasteiger partial charge in [-0.05, 0) is 69.4 Å². The van der Waals surface area contributed by atoms with E-state index < -0.39 is 37.4 Å². The molecule has 0 fully saturated rings. The molecule has 0 aliphatic heterocycles. The first kappa shape index (κ1) is 38.0. The van der Waals surface area contributed by atoms with Crippen molar-refractivity contribution in [2.75, 3.05) is 11.9 Å². The SMILES string of the molecule is CC(C)(C)OC(=O)NC(C)(C)C(=O)CC(COCc1ccccc1)C(=O)Nc1cn(C2c3ccccc3CC2O[Si](C)(C)C(C)(C)C)cn1. The first-order valence-corrected chi connectivity index (χ1v) is 19.9. The third-order valence-electron chi connectivity index (χ3n) is 9.32. The molecule has 2 amide bonds. The maximum atomic E-state index is 13.8. The van der Waals surface area contributed by atoms with E-state index in [4.69, 9.17) is 13.9 Å². The topological polar surface area (TPSA) is 121 Å². The molecule has 3 aromatic rings. The van der Waals surface area contributed by atoms with Crippen LogP contribution in [0.4, 0.5) is 10.6 Å². The zero-order valence-corrected chi connectivity index (χ0v) is 31.8. The Hall–Kier alpha value is -3.80. The van der Waals surface area contributed by atoms with Crippen LogP contribution >= 0.6 is 0 Å². The number of hydrogen-bond donors (Lipinski definition) is 2. The minimum Gasteiger partial charge on any atom is -0.444 e. The summed E-state index contributed by atoms with van der Waals surface area (Å²) in [5, 5.41) is 5.63. The average Bonchev–Trinajstić information content (AvgIpc) is 3.58. The molecule has 1 heterocycles. The lowest BCUT2D eigenvalue weighted by Gasteiger charge is -2.40. The number of benzene rings is 2. The Bertz CT molecular complexity index is 1610. The second-order valence-corrected chi connectivity index (χ2v) is 20.8. The van der Waals surface area contributed by atoms with E-state index in [1.807, 2.05) is 47.2 Å². The van der Waals surface area contributed by atoms with Crippen LogP contribution in [0.2, 0.25) is 18.1 Å². The molecule has 2 N–H and O–H groups in total. The number of Topliss-reactive ketones (excluding diaryl/α,β-unsaturated/α-hetero) is 1.